The maximum Gasteiger partial charge on any atom is 0.244 e. The van der Waals surface area contributed by atoms with Gasteiger partial charge in [-0.2, -0.15) is 0 Å². The van der Waals surface area contributed by atoms with Crippen LogP contribution in [0.15, 0.2) is 46.5 Å². The second kappa shape index (κ2) is 14.8. The number of halogens is 2. The third kappa shape index (κ3) is 12.4. The van der Waals surface area contributed by atoms with E-state index < -0.39 is 0 Å². The van der Waals surface area contributed by atoms with Crippen LogP contribution in [0.4, 0.5) is 0 Å². The zero-order valence-electron chi connectivity index (χ0n) is 17.3. The van der Waals surface area contributed by atoms with Gasteiger partial charge in [0.25, 0.3) is 0 Å². The maximum atomic E-state index is 11.7. The first kappa shape index (κ1) is 24.9. The van der Waals surface area contributed by atoms with Gasteiger partial charge in [0, 0.05) is 28.7 Å². The monoisotopic (exact) mass is 469 g/mol. The summed E-state index contributed by atoms with van der Waals surface area (Å²) in [7, 11) is 0. The Kier molecular flexibility index (Phi) is 13.2. The molecule has 28 heavy (non-hydrogen) atoms. The van der Waals surface area contributed by atoms with Crippen molar-refractivity contribution < 1.29 is 9.53 Å². The fourth-order valence-electron chi connectivity index (χ4n) is 2.52. The van der Waals surface area contributed by atoms with Gasteiger partial charge in [0.2, 0.25) is 5.91 Å². The Morgan fingerprint density at radius 3 is 2.71 bits per heavy atom. The first-order valence-corrected chi connectivity index (χ1v) is 11.2. The van der Waals surface area contributed by atoms with Crippen LogP contribution >= 0.6 is 27.5 Å². The molecule has 156 valence electrons. The van der Waals surface area contributed by atoms with Gasteiger partial charge < -0.3 is 10.1 Å². The Hall–Kier alpha value is -1.10. The quantitative estimate of drug-likeness (QED) is 0.194. The topological polar surface area (TPSA) is 38.3 Å². The molecule has 0 aliphatic heterocycles. The maximum absolute atomic E-state index is 11.7. The van der Waals surface area contributed by atoms with Crippen LogP contribution in [0.25, 0.3) is 0 Å². The SMILES string of the molecule is CC(C=CCCCCCCOCc1ccc(Br)cc1Cl)=CC(=O)NCC(C)C. The normalized spacial score (nSPS) is 12.1. The van der Waals surface area contributed by atoms with E-state index in [-0.39, 0.29) is 5.91 Å². The van der Waals surface area contributed by atoms with Gasteiger partial charge in [0.15, 0.2) is 0 Å². The van der Waals surface area contributed by atoms with E-state index in [0.717, 1.165) is 52.9 Å². The number of carbonyl (C=O) groups is 1. The molecule has 1 N–H and O–H groups in total. The minimum absolute atomic E-state index is 0.0136. The second-order valence-corrected chi connectivity index (χ2v) is 8.74. The van der Waals surface area contributed by atoms with Crippen molar-refractivity contribution in [2.75, 3.05) is 13.2 Å². The molecule has 1 rings (SSSR count). The summed E-state index contributed by atoms with van der Waals surface area (Å²) in [5.41, 5.74) is 2.01. The van der Waals surface area contributed by atoms with Gasteiger partial charge in [-0.25, -0.2) is 0 Å². The van der Waals surface area contributed by atoms with Crippen molar-refractivity contribution in [2.24, 2.45) is 5.92 Å². The van der Waals surface area contributed by atoms with E-state index in [4.69, 9.17) is 16.3 Å². The zero-order chi connectivity index (χ0) is 20.8. The summed E-state index contributed by atoms with van der Waals surface area (Å²) < 4.78 is 6.69. The van der Waals surface area contributed by atoms with E-state index in [2.05, 4.69) is 41.2 Å². The summed E-state index contributed by atoms with van der Waals surface area (Å²) >= 11 is 9.58. The lowest BCUT2D eigenvalue weighted by Gasteiger charge is -2.06. The Balaban J connectivity index is 2.05. The molecule has 0 aromatic heterocycles. The lowest BCUT2D eigenvalue weighted by atomic mass is 10.1. The predicted molar refractivity (Wildman–Crippen MR) is 123 cm³/mol. The molecule has 3 nitrogen and oxygen atoms in total. The third-order valence-electron chi connectivity index (χ3n) is 4.11. The van der Waals surface area contributed by atoms with E-state index in [1.54, 1.807) is 6.08 Å². The Bertz CT molecular complexity index is 656. The number of amides is 1. The summed E-state index contributed by atoms with van der Waals surface area (Å²) in [6.45, 7) is 8.16. The molecule has 0 unspecified atom stereocenters. The van der Waals surface area contributed by atoms with Gasteiger partial charge >= 0.3 is 0 Å². The van der Waals surface area contributed by atoms with Crippen LogP contribution in [0.2, 0.25) is 5.02 Å². The van der Waals surface area contributed by atoms with Crippen LogP contribution in [0.1, 0.15) is 58.4 Å². The molecule has 1 amide bonds. The summed E-state index contributed by atoms with van der Waals surface area (Å²) in [6, 6.07) is 5.86. The number of allylic oxidation sites excluding steroid dienone is 3. The van der Waals surface area contributed by atoms with Gasteiger partial charge in [-0.1, -0.05) is 72.4 Å². The number of unbranched alkanes of at least 4 members (excludes halogenated alkanes) is 4. The van der Waals surface area contributed by atoms with Gasteiger partial charge in [-0.15, -0.1) is 0 Å². The van der Waals surface area contributed by atoms with Crippen molar-refractivity contribution in [1.29, 1.82) is 0 Å². The standard InChI is InChI=1S/C23H33BrClNO2/c1-18(2)16-26-23(27)14-19(3)10-8-6-4-5-7-9-13-28-17-20-11-12-21(24)15-22(20)25/h8,10-12,14-15,18H,4-7,9,13,16-17H2,1-3H3,(H,26,27). The average Bonchev–Trinajstić information content (AvgIpc) is 2.63. The fraction of sp³-hybridized carbons (Fsp3) is 0.522. The number of carbonyl (C=O) groups excluding carboxylic acids is 1. The highest BCUT2D eigenvalue weighted by Gasteiger charge is 2.01. The number of rotatable bonds is 13. The van der Waals surface area contributed by atoms with Crippen LogP contribution in [-0.2, 0) is 16.1 Å². The van der Waals surface area contributed by atoms with Gasteiger partial charge in [-0.3, -0.25) is 4.79 Å². The van der Waals surface area contributed by atoms with E-state index in [9.17, 15) is 4.79 Å². The summed E-state index contributed by atoms with van der Waals surface area (Å²) in [4.78, 5) is 11.7. The van der Waals surface area contributed by atoms with Crippen LogP contribution in [0.5, 0.6) is 0 Å². The van der Waals surface area contributed by atoms with E-state index >= 15 is 0 Å². The van der Waals surface area contributed by atoms with Crippen molar-refractivity contribution in [3.8, 4) is 0 Å². The summed E-state index contributed by atoms with van der Waals surface area (Å²) in [6.07, 6.45) is 11.4. The fourth-order valence-corrected chi connectivity index (χ4v) is 3.25. The number of benzene rings is 1. The molecule has 5 heteroatoms. The number of ether oxygens (including phenoxy) is 1. The van der Waals surface area contributed by atoms with Crippen molar-refractivity contribution in [1.82, 2.24) is 5.32 Å². The van der Waals surface area contributed by atoms with Crippen LogP contribution < -0.4 is 5.32 Å². The smallest absolute Gasteiger partial charge is 0.244 e. The Morgan fingerprint density at radius 1 is 1.25 bits per heavy atom. The molecule has 0 saturated carbocycles. The number of hydrogen-bond acceptors (Lipinski definition) is 2. The zero-order valence-corrected chi connectivity index (χ0v) is 19.6. The minimum atomic E-state index is -0.0136. The van der Waals surface area contributed by atoms with Crippen LogP contribution in [-0.4, -0.2) is 19.1 Å². The average molecular weight is 471 g/mol. The molecular weight excluding hydrogens is 438 g/mol. The van der Waals surface area contributed by atoms with Gasteiger partial charge in [-0.05, 0) is 55.4 Å². The molecule has 0 aliphatic rings. The molecule has 0 fully saturated rings. The van der Waals surface area contributed by atoms with Crippen molar-refractivity contribution in [3.63, 3.8) is 0 Å². The largest absolute Gasteiger partial charge is 0.377 e. The molecule has 0 aliphatic carbocycles. The van der Waals surface area contributed by atoms with Crippen LogP contribution in [0, 0.1) is 5.92 Å². The van der Waals surface area contributed by atoms with Crippen molar-refractivity contribution >= 4 is 33.4 Å². The highest BCUT2D eigenvalue weighted by atomic mass is 79.9. The molecular formula is C23H33BrClNO2. The summed E-state index contributed by atoms with van der Waals surface area (Å²) in [5, 5.41) is 3.63. The second-order valence-electron chi connectivity index (χ2n) is 7.42. The molecule has 0 heterocycles. The molecule has 0 bridgehead atoms. The highest BCUT2D eigenvalue weighted by Crippen LogP contribution is 2.22. The molecule has 0 saturated heterocycles. The van der Waals surface area contributed by atoms with Crippen molar-refractivity contribution in [2.45, 2.75) is 59.5 Å². The highest BCUT2D eigenvalue weighted by molar-refractivity contribution is 9.10. The molecule has 0 spiro atoms. The van der Waals surface area contributed by atoms with E-state index in [1.807, 2.05) is 31.2 Å². The Labute approximate surface area is 183 Å². The molecule has 0 atom stereocenters. The number of nitrogens with one attached hydrogen (secondary N) is 1. The Morgan fingerprint density at radius 2 is 2.00 bits per heavy atom. The first-order valence-electron chi connectivity index (χ1n) is 10.0. The molecule has 1 aromatic rings. The van der Waals surface area contributed by atoms with E-state index in [0.29, 0.717) is 19.1 Å². The predicted octanol–water partition coefficient (Wildman–Crippen LogP) is 6.84. The number of hydrogen-bond donors (Lipinski definition) is 1. The lowest BCUT2D eigenvalue weighted by molar-refractivity contribution is -0.116. The van der Waals surface area contributed by atoms with Gasteiger partial charge in [0.05, 0.1) is 6.61 Å². The van der Waals surface area contributed by atoms with Gasteiger partial charge in [0.1, 0.15) is 0 Å². The summed E-state index contributed by atoms with van der Waals surface area (Å²) in [5.74, 6) is 0.456. The van der Waals surface area contributed by atoms with Crippen LogP contribution in [0.3, 0.4) is 0 Å². The third-order valence-corrected chi connectivity index (χ3v) is 4.95. The molecule has 1 aromatic carbocycles. The molecule has 0 radical (unpaired) electrons. The lowest BCUT2D eigenvalue weighted by Crippen LogP contribution is -2.25. The van der Waals surface area contributed by atoms with Crippen molar-refractivity contribution in [3.05, 3.63) is 57.1 Å². The minimum Gasteiger partial charge on any atom is -0.377 e. The first-order chi connectivity index (χ1) is 13.4. The van der Waals surface area contributed by atoms with E-state index in [1.165, 1.54) is 6.42 Å².